The summed E-state index contributed by atoms with van der Waals surface area (Å²) in [5, 5.41) is 31.7. The van der Waals surface area contributed by atoms with Crippen LogP contribution in [-0.4, -0.2) is 28.0 Å². The van der Waals surface area contributed by atoms with Crippen LogP contribution in [0.25, 0.3) is 0 Å². The summed E-state index contributed by atoms with van der Waals surface area (Å²) in [5.41, 5.74) is -1.86. The van der Waals surface area contributed by atoms with Crippen molar-refractivity contribution in [2.75, 3.05) is 23.3 Å². The van der Waals surface area contributed by atoms with Crippen molar-refractivity contribution in [3.8, 4) is 12.1 Å². The molecule has 0 bridgehead atoms. The van der Waals surface area contributed by atoms with Crippen molar-refractivity contribution in [2.24, 2.45) is 0 Å². The molecule has 0 aliphatic carbocycles. The molecule has 0 aliphatic rings. The number of nitrogens with zero attached hydrogens (tertiary/aromatic N) is 6. The summed E-state index contributed by atoms with van der Waals surface area (Å²) >= 11 is 5.94. The molecule has 1 aromatic heterocycles. The fourth-order valence-corrected chi connectivity index (χ4v) is 2.64. The molecule has 156 valence electrons. The van der Waals surface area contributed by atoms with Crippen LogP contribution in [0.2, 0.25) is 5.02 Å². The van der Waals surface area contributed by atoms with Gasteiger partial charge in [0.25, 0.3) is 0 Å². The third-order valence-corrected chi connectivity index (χ3v) is 4.15. The van der Waals surface area contributed by atoms with E-state index in [1.54, 1.807) is 0 Å². The highest BCUT2D eigenvalue weighted by molar-refractivity contribution is 6.33. The number of aromatic nitrogens is 2. The lowest BCUT2D eigenvalue weighted by atomic mass is 10.2. The van der Waals surface area contributed by atoms with Crippen LogP contribution >= 0.6 is 11.6 Å². The van der Waals surface area contributed by atoms with Gasteiger partial charge in [-0.25, -0.2) is 9.97 Å². The van der Waals surface area contributed by atoms with E-state index in [1.165, 1.54) is 4.90 Å². The number of rotatable bonds is 8. The van der Waals surface area contributed by atoms with E-state index < -0.39 is 22.4 Å². The van der Waals surface area contributed by atoms with Crippen LogP contribution in [0.15, 0.2) is 24.5 Å². The quantitative estimate of drug-likeness (QED) is 0.471. The molecule has 0 saturated carbocycles. The van der Waals surface area contributed by atoms with Crippen LogP contribution < -0.4 is 10.2 Å². The van der Waals surface area contributed by atoms with Crippen LogP contribution in [0.4, 0.5) is 36.2 Å². The van der Waals surface area contributed by atoms with Gasteiger partial charge in [-0.2, -0.15) is 23.7 Å². The molecule has 9 nitrogen and oxygen atoms in total. The summed E-state index contributed by atoms with van der Waals surface area (Å²) in [5.74, 6) is -0.559. The minimum atomic E-state index is -4.64. The smallest absolute Gasteiger partial charge is 0.349 e. The lowest BCUT2D eigenvalue weighted by molar-refractivity contribution is -0.383. The number of nitriles is 2. The van der Waals surface area contributed by atoms with Crippen LogP contribution in [0.3, 0.4) is 0 Å². The second kappa shape index (κ2) is 9.71. The summed E-state index contributed by atoms with van der Waals surface area (Å²) in [6.45, 7) is 0.111. The minimum Gasteiger partial charge on any atom is -0.349 e. The Morgan fingerprint density at radius 2 is 1.83 bits per heavy atom. The van der Waals surface area contributed by atoms with E-state index in [2.05, 4.69) is 15.3 Å². The monoisotopic (exact) mass is 439 g/mol. The normalized spacial score (nSPS) is 10.7. The summed E-state index contributed by atoms with van der Waals surface area (Å²) in [7, 11) is 0. The van der Waals surface area contributed by atoms with E-state index in [-0.39, 0.29) is 48.3 Å². The Labute approximate surface area is 173 Å². The minimum absolute atomic E-state index is 0.00873. The highest BCUT2D eigenvalue weighted by Crippen LogP contribution is 2.38. The topological polar surface area (TPSA) is 132 Å². The largest absolute Gasteiger partial charge is 0.416 e. The van der Waals surface area contributed by atoms with Crippen molar-refractivity contribution in [1.29, 1.82) is 10.5 Å². The lowest BCUT2D eigenvalue weighted by Gasteiger charge is -2.21. The molecule has 0 saturated heterocycles. The summed E-state index contributed by atoms with van der Waals surface area (Å²) in [4.78, 5) is 19.9. The molecular formula is C17H13ClF3N7O2. The molecule has 1 N–H and O–H groups in total. The molecule has 0 unspecified atom stereocenters. The number of hydrogen-bond donors (Lipinski definition) is 1. The number of benzene rings is 1. The Morgan fingerprint density at radius 3 is 2.37 bits per heavy atom. The van der Waals surface area contributed by atoms with Crippen molar-refractivity contribution in [1.82, 2.24) is 9.97 Å². The summed E-state index contributed by atoms with van der Waals surface area (Å²) < 4.78 is 39.0. The van der Waals surface area contributed by atoms with Gasteiger partial charge in [-0.1, -0.05) is 11.6 Å². The van der Waals surface area contributed by atoms with Gasteiger partial charge in [0.2, 0.25) is 11.6 Å². The zero-order valence-electron chi connectivity index (χ0n) is 15.1. The number of halogens is 4. The van der Waals surface area contributed by atoms with Crippen LogP contribution in [0.5, 0.6) is 0 Å². The second-order valence-electron chi connectivity index (χ2n) is 5.77. The summed E-state index contributed by atoms with van der Waals surface area (Å²) in [6.07, 6.45) is -3.64. The van der Waals surface area contributed by atoms with Gasteiger partial charge in [0, 0.05) is 13.1 Å². The average Bonchev–Trinajstić information content (AvgIpc) is 2.68. The molecule has 30 heavy (non-hydrogen) atoms. The highest BCUT2D eigenvalue weighted by atomic mass is 35.5. The van der Waals surface area contributed by atoms with Crippen molar-refractivity contribution < 1.29 is 18.1 Å². The molecule has 0 radical (unpaired) electrons. The number of alkyl halides is 3. The Morgan fingerprint density at radius 1 is 1.20 bits per heavy atom. The molecule has 2 aromatic rings. The van der Waals surface area contributed by atoms with Gasteiger partial charge in [-0.15, -0.1) is 0 Å². The van der Waals surface area contributed by atoms with Crippen molar-refractivity contribution >= 4 is 34.6 Å². The second-order valence-corrected chi connectivity index (χ2v) is 6.18. The Balaban J connectivity index is 2.52. The number of nitrogens with one attached hydrogen (secondary N) is 1. The van der Waals surface area contributed by atoms with E-state index in [1.807, 2.05) is 12.1 Å². The molecule has 0 spiro atoms. The standard InChI is InChI=1S/C17H13ClF3N7O2/c18-12-4-3-11(17(19,20)21)9-13(12)26-15-14(28(29)30)16(25-10-24-15)27(7-1-5-22)8-2-6-23/h3-4,9-10H,1-2,7-8H2,(H,24,25,26). The lowest BCUT2D eigenvalue weighted by Crippen LogP contribution is -2.27. The van der Waals surface area contributed by atoms with E-state index in [9.17, 15) is 23.3 Å². The zero-order valence-corrected chi connectivity index (χ0v) is 15.9. The molecule has 1 aromatic carbocycles. The first-order chi connectivity index (χ1) is 14.2. The Bertz CT molecular complexity index is 1000. The van der Waals surface area contributed by atoms with Crippen LogP contribution in [-0.2, 0) is 6.18 Å². The SMILES string of the molecule is N#CCCN(CCC#N)c1ncnc(Nc2cc(C(F)(F)F)ccc2Cl)c1[N+](=O)[O-]. The fourth-order valence-electron chi connectivity index (χ4n) is 2.48. The number of nitro groups is 1. The van der Waals surface area contributed by atoms with Crippen molar-refractivity contribution in [3.63, 3.8) is 0 Å². The van der Waals surface area contributed by atoms with Gasteiger partial charge in [-0.05, 0) is 18.2 Å². The molecular weight excluding hydrogens is 427 g/mol. The molecule has 1 heterocycles. The van der Waals surface area contributed by atoms with Gasteiger partial charge in [0.1, 0.15) is 6.33 Å². The van der Waals surface area contributed by atoms with E-state index in [4.69, 9.17) is 22.1 Å². The van der Waals surface area contributed by atoms with Gasteiger partial charge >= 0.3 is 11.9 Å². The van der Waals surface area contributed by atoms with Crippen LogP contribution in [0, 0.1) is 32.8 Å². The maximum absolute atomic E-state index is 13.0. The third-order valence-electron chi connectivity index (χ3n) is 3.82. The van der Waals surface area contributed by atoms with E-state index >= 15 is 0 Å². The van der Waals surface area contributed by atoms with E-state index in [0.717, 1.165) is 18.5 Å². The zero-order chi connectivity index (χ0) is 22.3. The van der Waals surface area contributed by atoms with Crippen LogP contribution in [0.1, 0.15) is 18.4 Å². The third kappa shape index (κ3) is 5.46. The van der Waals surface area contributed by atoms with Crippen molar-refractivity contribution in [3.05, 3.63) is 45.2 Å². The average molecular weight is 440 g/mol. The highest BCUT2D eigenvalue weighted by Gasteiger charge is 2.32. The number of hydrogen-bond acceptors (Lipinski definition) is 8. The molecule has 0 atom stereocenters. The first-order valence-corrected chi connectivity index (χ1v) is 8.68. The Kier molecular flexibility index (Phi) is 7.33. The molecule has 0 aliphatic heterocycles. The first-order valence-electron chi connectivity index (χ1n) is 8.31. The fraction of sp³-hybridized carbons (Fsp3) is 0.294. The summed E-state index contributed by atoms with van der Waals surface area (Å²) in [6, 6.07) is 6.28. The Hall–Kier alpha value is -3.64. The van der Waals surface area contributed by atoms with Gasteiger partial charge in [0.05, 0.1) is 46.2 Å². The molecule has 0 fully saturated rings. The predicted molar refractivity (Wildman–Crippen MR) is 101 cm³/mol. The molecule has 13 heteroatoms. The number of anilines is 3. The van der Waals surface area contributed by atoms with Gasteiger partial charge in [0.15, 0.2) is 0 Å². The molecule has 0 amide bonds. The maximum atomic E-state index is 13.0. The molecule has 2 rings (SSSR count). The van der Waals surface area contributed by atoms with E-state index in [0.29, 0.717) is 6.07 Å². The van der Waals surface area contributed by atoms with Gasteiger partial charge < -0.3 is 10.2 Å². The predicted octanol–water partition coefficient (Wildman–Crippen LogP) is 4.43. The first kappa shape index (κ1) is 22.6. The van der Waals surface area contributed by atoms with Gasteiger partial charge in [-0.3, -0.25) is 10.1 Å². The van der Waals surface area contributed by atoms with Crippen molar-refractivity contribution in [2.45, 2.75) is 19.0 Å². The maximum Gasteiger partial charge on any atom is 0.416 e.